The number of amides is 1. The molecule has 166 valence electrons. The van der Waals surface area contributed by atoms with Gasteiger partial charge in [0.25, 0.3) is 5.91 Å². The second kappa shape index (κ2) is 9.76. The molecule has 1 amide bonds. The number of carbonyl (C=O) groups is 1. The van der Waals surface area contributed by atoms with Gasteiger partial charge in [-0.15, -0.1) is 12.4 Å². The van der Waals surface area contributed by atoms with Crippen molar-refractivity contribution in [2.75, 3.05) is 19.6 Å². The first-order valence-corrected chi connectivity index (χ1v) is 11.1. The summed E-state index contributed by atoms with van der Waals surface area (Å²) < 4.78 is 6.14. The Morgan fingerprint density at radius 3 is 2.28 bits per heavy atom. The highest BCUT2D eigenvalue weighted by molar-refractivity contribution is 5.95. The standard InChI is InChI=1S/C27H28N2O2.ClH/c1-20(21-7-3-2-4-8-21)22-9-11-23(12-10-22)27(30)29-16-13-24-17-25(31-26(24)19-29)18-28-14-5-6-15-28;/h2-4,7-12,17H,1,5-6,13-16,18-19H2;1H. The molecule has 0 atom stereocenters. The Balaban J connectivity index is 0.00000245. The molecule has 0 aliphatic carbocycles. The molecule has 1 fully saturated rings. The third-order valence-corrected chi connectivity index (χ3v) is 6.40. The molecule has 2 aliphatic heterocycles. The van der Waals surface area contributed by atoms with Crippen molar-refractivity contribution < 1.29 is 9.21 Å². The molecular weight excluding hydrogens is 420 g/mol. The lowest BCUT2D eigenvalue weighted by molar-refractivity contribution is 0.0718. The molecule has 3 aromatic rings. The van der Waals surface area contributed by atoms with E-state index in [-0.39, 0.29) is 18.3 Å². The fourth-order valence-electron chi connectivity index (χ4n) is 4.60. The smallest absolute Gasteiger partial charge is 0.254 e. The molecule has 0 bridgehead atoms. The van der Waals surface area contributed by atoms with Crippen LogP contribution in [0.1, 0.15) is 51.4 Å². The zero-order valence-electron chi connectivity index (χ0n) is 18.3. The molecule has 5 rings (SSSR count). The molecule has 4 nitrogen and oxygen atoms in total. The Morgan fingerprint density at radius 1 is 0.906 bits per heavy atom. The van der Waals surface area contributed by atoms with Gasteiger partial charge in [-0.3, -0.25) is 9.69 Å². The van der Waals surface area contributed by atoms with Gasteiger partial charge in [-0.25, -0.2) is 0 Å². The topological polar surface area (TPSA) is 36.7 Å². The third-order valence-electron chi connectivity index (χ3n) is 6.40. The van der Waals surface area contributed by atoms with Crippen LogP contribution in [-0.2, 0) is 19.5 Å². The molecule has 1 saturated heterocycles. The molecule has 0 saturated carbocycles. The SMILES string of the molecule is C=C(c1ccccc1)c1ccc(C(=O)N2CCc3cc(CN4CCCC4)oc3C2)cc1.Cl. The van der Waals surface area contributed by atoms with Crippen molar-refractivity contribution in [2.45, 2.75) is 32.4 Å². The van der Waals surface area contributed by atoms with E-state index in [4.69, 9.17) is 4.42 Å². The second-order valence-corrected chi connectivity index (χ2v) is 8.54. The van der Waals surface area contributed by atoms with Crippen molar-refractivity contribution in [3.05, 3.63) is 101 Å². The first-order valence-electron chi connectivity index (χ1n) is 11.1. The summed E-state index contributed by atoms with van der Waals surface area (Å²) in [5.41, 5.74) is 5.04. The van der Waals surface area contributed by atoms with Crippen LogP contribution in [0.4, 0.5) is 0 Å². The minimum absolute atomic E-state index is 0. The van der Waals surface area contributed by atoms with Gasteiger partial charge in [0.05, 0.1) is 13.1 Å². The highest BCUT2D eigenvalue weighted by Crippen LogP contribution is 2.27. The molecule has 2 aliphatic rings. The van der Waals surface area contributed by atoms with E-state index in [0.717, 1.165) is 60.8 Å². The van der Waals surface area contributed by atoms with Crippen LogP contribution in [0.2, 0.25) is 0 Å². The number of fused-ring (bicyclic) bond motifs is 1. The van der Waals surface area contributed by atoms with Gasteiger partial charge in [-0.05, 0) is 72.8 Å². The number of furan rings is 1. The van der Waals surface area contributed by atoms with Crippen LogP contribution in [0.5, 0.6) is 0 Å². The lowest BCUT2D eigenvalue weighted by atomic mass is 9.98. The summed E-state index contributed by atoms with van der Waals surface area (Å²) >= 11 is 0. The van der Waals surface area contributed by atoms with E-state index >= 15 is 0 Å². The van der Waals surface area contributed by atoms with Crippen LogP contribution >= 0.6 is 12.4 Å². The van der Waals surface area contributed by atoms with Crippen LogP contribution in [-0.4, -0.2) is 35.3 Å². The van der Waals surface area contributed by atoms with Crippen molar-refractivity contribution in [3.8, 4) is 0 Å². The predicted octanol–water partition coefficient (Wildman–Crippen LogP) is 5.56. The van der Waals surface area contributed by atoms with Crippen molar-refractivity contribution in [2.24, 2.45) is 0 Å². The average molecular weight is 449 g/mol. The van der Waals surface area contributed by atoms with Crippen LogP contribution in [0, 0.1) is 0 Å². The number of benzene rings is 2. The highest BCUT2D eigenvalue weighted by atomic mass is 35.5. The fourth-order valence-corrected chi connectivity index (χ4v) is 4.60. The molecule has 1 aromatic heterocycles. The van der Waals surface area contributed by atoms with E-state index in [0.29, 0.717) is 12.1 Å². The first kappa shape index (κ1) is 22.4. The van der Waals surface area contributed by atoms with Crippen LogP contribution in [0.3, 0.4) is 0 Å². The number of likely N-dealkylation sites (tertiary alicyclic amines) is 1. The largest absolute Gasteiger partial charge is 0.463 e. The number of carbonyl (C=O) groups excluding carboxylic acids is 1. The predicted molar refractivity (Wildman–Crippen MR) is 130 cm³/mol. The number of hydrogen-bond acceptors (Lipinski definition) is 3. The van der Waals surface area contributed by atoms with E-state index in [1.165, 1.54) is 18.4 Å². The summed E-state index contributed by atoms with van der Waals surface area (Å²) in [4.78, 5) is 17.4. The quantitative estimate of drug-likeness (QED) is 0.513. The molecule has 5 heteroatoms. The zero-order chi connectivity index (χ0) is 21.2. The van der Waals surface area contributed by atoms with E-state index in [9.17, 15) is 4.79 Å². The minimum atomic E-state index is 0. The van der Waals surface area contributed by atoms with Gasteiger partial charge >= 0.3 is 0 Å². The minimum Gasteiger partial charge on any atom is -0.463 e. The second-order valence-electron chi connectivity index (χ2n) is 8.54. The maximum atomic E-state index is 13.1. The summed E-state index contributed by atoms with van der Waals surface area (Å²) in [6.07, 6.45) is 3.41. The van der Waals surface area contributed by atoms with E-state index in [2.05, 4.69) is 17.5 Å². The van der Waals surface area contributed by atoms with E-state index < -0.39 is 0 Å². The molecule has 2 aromatic carbocycles. The van der Waals surface area contributed by atoms with Gasteiger partial charge in [0.1, 0.15) is 11.5 Å². The lowest BCUT2D eigenvalue weighted by Crippen LogP contribution is -2.35. The molecule has 3 heterocycles. The summed E-state index contributed by atoms with van der Waals surface area (Å²) in [5.74, 6) is 2.04. The molecule has 0 radical (unpaired) electrons. The maximum Gasteiger partial charge on any atom is 0.254 e. The van der Waals surface area contributed by atoms with Gasteiger partial charge in [0.15, 0.2) is 0 Å². The van der Waals surface area contributed by atoms with E-state index in [1.807, 2.05) is 59.5 Å². The van der Waals surface area contributed by atoms with Crippen molar-refractivity contribution in [1.82, 2.24) is 9.80 Å². The molecule has 0 unspecified atom stereocenters. The average Bonchev–Trinajstić information content (AvgIpc) is 3.48. The molecular formula is C27H29ClN2O2. The molecule has 0 N–H and O–H groups in total. The summed E-state index contributed by atoms with van der Waals surface area (Å²) in [7, 11) is 0. The summed E-state index contributed by atoms with van der Waals surface area (Å²) in [6, 6.07) is 20.1. The number of rotatable bonds is 5. The number of halogens is 1. The Hall–Kier alpha value is -2.82. The monoisotopic (exact) mass is 448 g/mol. The van der Waals surface area contributed by atoms with Crippen molar-refractivity contribution >= 4 is 23.9 Å². The van der Waals surface area contributed by atoms with Crippen LogP contribution in [0.15, 0.2) is 71.7 Å². The molecule has 0 spiro atoms. The summed E-state index contributed by atoms with van der Waals surface area (Å²) in [5, 5.41) is 0. The van der Waals surface area contributed by atoms with E-state index in [1.54, 1.807) is 0 Å². The van der Waals surface area contributed by atoms with Crippen molar-refractivity contribution in [3.63, 3.8) is 0 Å². The Bertz CT molecular complexity index is 1080. The molecule has 32 heavy (non-hydrogen) atoms. The summed E-state index contributed by atoms with van der Waals surface area (Å²) in [6.45, 7) is 8.68. The normalized spacial score (nSPS) is 15.8. The van der Waals surface area contributed by atoms with Crippen molar-refractivity contribution in [1.29, 1.82) is 0 Å². The zero-order valence-corrected chi connectivity index (χ0v) is 19.1. The van der Waals surface area contributed by atoms with Crippen LogP contribution < -0.4 is 0 Å². The van der Waals surface area contributed by atoms with Gasteiger partial charge in [0.2, 0.25) is 0 Å². The number of hydrogen-bond donors (Lipinski definition) is 0. The lowest BCUT2D eigenvalue weighted by Gasteiger charge is -2.26. The van der Waals surface area contributed by atoms with Gasteiger partial charge in [-0.2, -0.15) is 0 Å². The highest BCUT2D eigenvalue weighted by Gasteiger charge is 2.26. The third kappa shape index (κ3) is 4.67. The number of nitrogens with zero attached hydrogens (tertiary/aromatic N) is 2. The first-order chi connectivity index (χ1) is 15.2. The van der Waals surface area contributed by atoms with Gasteiger partial charge < -0.3 is 9.32 Å². The van der Waals surface area contributed by atoms with Crippen LogP contribution in [0.25, 0.3) is 5.57 Å². The van der Waals surface area contributed by atoms with Gasteiger partial charge in [-0.1, -0.05) is 49.0 Å². The fraction of sp³-hybridized carbons (Fsp3) is 0.296. The Labute approximate surface area is 195 Å². The van der Waals surface area contributed by atoms with Gasteiger partial charge in [0, 0.05) is 12.1 Å². The Kier molecular flexibility index (Phi) is 6.83. The maximum absolute atomic E-state index is 13.1. The Morgan fingerprint density at radius 2 is 1.56 bits per heavy atom.